The van der Waals surface area contributed by atoms with Crippen LogP contribution in [0.25, 0.3) is 0 Å². The summed E-state index contributed by atoms with van der Waals surface area (Å²) in [5.74, 6) is 0. The van der Waals surface area contributed by atoms with E-state index < -0.39 is 0 Å². The van der Waals surface area contributed by atoms with Crippen molar-refractivity contribution in [2.75, 3.05) is 18.0 Å². The molecule has 0 saturated carbocycles. The molecule has 0 spiro atoms. The lowest BCUT2D eigenvalue weighted by Crippen LogP contribution is -2.21. The van der Waals surface area contributed by atoms with E-state index in [2.05, 4.69) is 53.3 Å². The second-order valence-electron chi connectivity index (χ2n) is 4.37. The van der Waals surface area contributed by atoms with E-state index in [4.69, 9.17) is 0 Å². The molecule has 2 aromatic rings. The molecule has 3 nitrogen and oxygen atoms in total. The maximum Gasteiger partial charge on any atom is 0.106 e. The molecule has 1 aromatic carbocycles. The van der Waals surface area contributed by atoms with Gasteiger partial charge in [0.1, 0.15) is 5.01 Å². The average Bonchev–Trinajstić information content (AvgIpc) is 2.95. The Morgan fingerprint density at radius 3 is 2.42 bits per heavy atom. The number of nitrogens with one attached hydrogen (secondary N) is 1. The van der Waals surface area contributed by atoms with Crippen molar-refractivity contribution >= 4 is 17.0 Å². The normalized spacial score (nSPS) is 10.6. The average molecular weight is 275 g/mol. The predicted molar refractivity (Wildman–Crippen MR) is 82.7 cm³/mol. The maximum absolute atomic E-state index is 4.26. The summed E-state index contributed by atoms with van der Waals surface area (Å²) in [6.45, 7) is 8.21. The van der Waals surface area contributed by atoms with Crippen molar-refractivity contribution < 1.29 is 0 Å². The number of hydrogen-bond acceptors (Lipinski definition) is 4. The van der Waals surface area contributed by atoms with Crippen molar-refractivity contribution in [3.63, 3.8) is 0 Å². The van der Waals surface area contributed by atoms with Gasteiger partial charge in [-0.2, -0.15) is 0 Å². The molecule has 0 atom stereocenters. The van der Waals surface area contributed by atoms with Crippen molar-refractivity contribution in [1.29, 1.82) is 0 Å². The first-order chi connectivity index (χ1) is 9.33. The first-order valence-electron chi connectivity index (χ1n) is 6.76. The van der Waals surface area contributed by atoms with Crippen LogP contribution >= 0.6 is 11.3 Å². The van der Waals surface area contributed by atoms with Crippen LogP contribution in [0.3, 0.4) is 0 Å². The van der Waals surface area contributed by atoms with Crippen molar-refractivity contribution in [3.8, 4) is 0 Å². The monoisotopic (exact) mass is 275 g/mol. The van der Waals surface area contributed by atoms with Gasteiger partial charge in [0.2, 0.25) is 0 Å². The van der Waals surface area contributed by atoms with E-state index in [9.17, 15) is 0 Å². The molecule has 0 amide bonds. The molecule has 2 rings (SSSR count). The van der Waals surface area contributed by atoms with E-state index in [0.29, 0.717) is 0 Å². The standard InChI is InChI=1S/C15H21N3S/c1-3-18(4-2)14-7-5-13(6-8-14)11-16-12-15-17-9-10-19-15/h5-10,16H,3-4,11-12H2,1-2H3. The number of thiazole rings is 1. The van der Waals surface area contributed by atoms with Crippen molar-refractivity contribution in [1.82, 2.24) is 10.3 Å². The summed E-state index contributed by atoms with van der Waals surface area (Å²) < 4.78 is 0. The van der Waals surface area contributed by atoms with Crippen LogP contribution in [0.4, 0.5) is 5.69 Å². The van der Waals surface area contributed by atoms with E-state index in [-0.39, 0.29) is 0 Å². The molecule has 0 unspecified atom stereocenters. The first-order valence-corrected chi connectivity index (χ1v) is 7.64. The van der Waals surface area contributed by atoms with Crippen LogP contribution in [0.5, 0.6) is 0 Å². The zero-order valence-corrected chi connectivity index (χ0v) is 12.4. The van der Waals surface area contributed by atoms with E-state index >= 15 is 0 Å². The minimum Gasteiger partial charge on any atom is -0.372 e. The predicted octanol–water partition coefficient (Wildman–Crippen LogP) is 3.28. The largest absolute Gasteiger partial charge is 0.372 e. The number of anilines is 1. The fraction of sp³-hybridized carbons (Fsp3) is 0.400. The summed E-state index contributed by atoms with van der Waals surface area (Å²) in [4.78, 5) is 6.61. The molecule has 0 aliphatic carbocycles. The summed E-state index contributed by atoms with van der Waals surface area (Å²) >= 11 is 1.69. The first kappa shape index (κ1) is 14.0. The Bertz CT molecular complexity index is 461. The zero-order chi connectivity index (χ0) is 13.5. The van der Waals surface area contributed by atoms with Crippen molar-refractivity contribution in [2.45, 2.75) is 26.9 Å². The fourth-order valence-corrected chi connectivity index (χ4v) is 2.65. The minimum absolute atomic E-state index is 0.843. The van der Waals surface area contributed by atoms with Gasteiger partial charge in [0.25, 0.3) is 0 Å². The second-order valence-corrected chi connectivity index (χ2v) is 5.35. The van der Waals surface area contributed by atoms with Gasteiger partial charge >= 0.3 is 0 Å². The van der Waals surface area contributed by atoms with E-state index in [0.717, 1.165) is 31.2 Å². The Hall–Kier alpha value is -1.39. The summed E-state index contributed by atoms with van der Waals surface area (Å²) in [7, 11) is 0. The van der Waals surface area contributed by atoms with Gasteiger partial charge in [-0.3, -0.25) is 0 Å². The van der Waals surface area contributed by atoms with Gasteiger partial charge < -0.3 is 10.2 Å². The molecule has 19 heavy (non-hydrogen) atoms. The molecule has 102 valence electrons. The summed E-state index contributed by atoms with van der Waals surface area (Å²) in [6, 6.07) is 8.80. The molecule has 0 bridgehead atoms. The second kappa shape index (κ2) is 7.26. The highest BCUT2D eigenvalue weighted by molar-refractivity contribution is 7.09. The lowest BCUT2D eigenvalue weighted by Gasteiger charge is -2.21. The summed E-state index contributed by atoms with van der Waals surface area (Å²) in [6.07, 6.45) is 1.85. The molecule has 1 aromatic heterocycles. The van der Waals surface area contributed by atoms with Crippen LogP contribution in [-0.4, -0.2) is 18.1 Å². The van der Waals surface area contributed by atoms with Crippen LogP contribution in [0, 0.1) is 0 Å². The van der Waals surface area contributed by atoms with Gasteiger partial charge in [-0.25, -0.2) is 4.98 Å². The molecule has 0 aliphatic heterocycles. The molecular weight excluding hydrogens is 254 g/mol. The highest BCUT2D eigenvalue weighted by Crippen LogP contribution is 2.15. The van der Waals surface area contributed by atoms with Crippen LogP contribution in [0.15, 0.2) is 35.8 Å². The smallest absolute Gasteiger partial charge is 0.106 e. The molecule has 1 heterocycles. The lowest BCUT2D eigenvalue weighted by atomic mass is 10.2. The molecule has 0 saturated heterocycles. The number of rotatable bonds is 7. The molecule has 0 aliphatic rings. The molecule has 0 fully saturated rings. The third kappa shape index (κ3) is 4.04. The van der Waals surface area contributed by atoms with E-state index in [1.807, 2.05) is 11.6 Å². The Labute approximate surface area is 119 Å². The number of aromatic nitrogens is 1. The topological polar surface area (TPSA) is 28.2 Å². The maximum atomic E-state index is 4.26. The Balaban J connectivity index is 1.84. The fourth-order valence-electron chi connectivity index (χ4n) is 2.07. The number of hydrogen-bond donors (Lipinski definition) is 1. The van der Waals surface area contributed by atoms with E-state index in [1.165, 1.54) is 11.3 Å². The minimum atomic E-state index is 0.843. The van der Waals surface area contributed by atoms with Gasteiger partial charge in [0, 0.05) is 43.4 Å². The molecule has 1 N–H and O–H groups in total. The quantitative estimate of drug-likeness (QED) is 0.840. The van der Waals surface area contributed by atoms with Gasteiger partial charge in [-0.1, -0.05) is 12.1 Å². The zero-order valence-electron chi connectivity index (χ0n) is 11.6. The molecular formula is C15H21N3S. The van der Waals surface area contributed by atoms with Crippen molar-refractivity contribution in [2.24, 2.45) is 0 Å². The Morgan fingerprint density at radius 1 is 1.11 bits per heavy atom. The Morgan fingerprint density at radius 2 is 1.84 bits per heavy atom. The van der Waals surface area contributed by atoms with Crippen LogP contribution in [-0.2, 0) is 13.1 Å². The summed E-state index contributed by atoms with van der Waals surface area (Å²) in [5, 5.41) is 6.56. The molecule has 4 heteroatoms. The van der Waals surface area contributed by atoms with Crippen LogP contribution in [0.1, 0.15) is 24.4 Å². The van der Waals surface area contributed by atoms with Gasteiger partial charge in [0.15, 0.2) is 0 Å². The Kier molecular flexibility index (Phi) is 5.36. The van der Waals surface area contributed by atoms with Gasteiger partial charge in [-0.05, 0) is 31.5 Å². The van der Waals surface area contributed by atoms with Gasteiger partial charge in [0.05, 0.1) is 0 Å². The van der Waals surface area contributed by atoms with E-state index in [1.54, 1.807) is 11.3 Å². The van der Waals surface area contributed by atoms with Crippen molar-refractivity contribution in [3.05, 3.63) is 46.4 Å². The van der Waals surface area contributed by atoms with Crippen LogP contribution in [0.2, 0.25) is 0 Å². The van der Waals surface area contributed by atoms with Gasteiger partial charge in [-0.15, -0.1) is 11.3 Å². The molecule has 0 radical (unpaired) electrons. The highest BCUT2D eigenvalue weighted by atomic mass is 32.1. The highest BCUT2D eigenvalue weighted by Gasteiger charge is 2.01. The third-order valence-corrected chi connectivity index (χ3v) is 3.93. The van der Waals surface area contributed by atoms with Crippen LogP contribution < -0.4 is 10.2 Å². The third-order valence-electron chi connectivity index (χ3n) is 3.15. The number of benzene rings is 1. The summed E-state index contributed by atoms with van der Waals surface area (Å²) in [5.41, 5.74) is 2.61. The lowest BCUT2D eigenvalue weighted by molar-refractivity contribution is 0.690. The number of nitrogens with zero attached hydrogens (tertiary/aromatic N) is 2. The SMILES string of the molecule is CCN(CC)c1ccc(CNCc2nccs2)cc1.